The Morgan fingerprint density at radius 2 is 1.60 bits per heavy atom. The fourth-order valence-corrected chi connectivity index (χ4v) is 2.43. The van der Waals surface area contributed by atoms with E-state index in [1.165, 1.54) is 0 Å². The number of hydrogen-bond acceptors (Lipinski definition) is 3. The molecule has 0 bridgehead atoms. The van der Waals surface area contributed by atoms with E-state index in [2.05, 4.69) is 15.6 Å². The predicted octanol–water partition coefficient (Wildman–Crippen LogP) is 4.28. The lowest BCUT2D eigenvalue weighted by atomic mass is 10.2. The van der Waals surface area contributed by atoms with Crippen LogP contribution in [0.5, 0.6) is 0 Å². The van der Waals surface area contributed by atoms with Crippen LogP contribution in [0.15, 0.2) is 72.9 Å². The summed E-state index contributed by atoms with van der Waals surface area (Å²) in [5.41, 5.74) is 3.42. The zero-order chi connectivity index (χ0) is 17.5. The molecule has 0 radical (unpaired) electrons. The van der Waals surface area contributed by atoms with E-state index in [4.69, 9.17) is 11.6 Å². The quantitative estimate of drug-likeness (QED) is 0.697. The third-order valence-electron chi connectivity index (χ3n) is 3.70. The van der Waals surface area contributed by atoms with Crippen molar-refractivity contribution < 1.29 is 4.79 Å². The number of benzene rings is 2. The van der Waals surface area contributed by atoms with Crippen molar-refractivity contribution in [3.8, 4) is 0 Å². The van der Waals surface area contributed by atoms with Crippen molar-refractivity contribution in [2.24, 2.45) is 0 Å². The molecule has 0 aliphatic heterocycles. The number of pyridine rings is 1. The van der Waals surface area contributed by atoms with E-state index in [0.29, 0.717) is 18.8 Å². The maximum Gasteiger partial charge on any atom is 0.270 e. The minimum Gasteiger partial charge on any atom is -0.380 e. The summed E-state index contributed by atoms with van der Waals surface area (Å²) < 4.78 is 0. The summed E-state index contributed by atoms with van der Waals surface area (Å²) >= 11 is 5.87. The highest BCUT2D eigenvalue weighted by atomic mass is 35.5. The van der Waals surface area contributed by atoms with Gasteiger partial charge >= 0.3 is 0 Å². The molecule has 4 nitrogen and oxygen atoms in total. The van der Waals surface area contributed by atoms with Crippen molar-refractivity contribution in [2.75, 3.05) is 5.32 Å². The van der Waals surface area contributed by atoms with Crippen LogP contribution >= 0.6 is 11.6 Å². The van der Waals surface area contributed by atoms with Gasteiger partial charge in [-0.3, -0.25) is 4.79 Å². The van der Waals surface area contributed by atoms with Crippen molar-refractivity contribution in [2.45, 2.75) is 13.1 Å². The zero-order valence-electron chi connectivity index (χ0n) is 13.6. The number of carbonyl (C=O) groups excluding carboxylic acids is 1. The largest absolute Gasteiger partial charge is 0.380 e. The first-order chi connectivity index (χ1) is 12.2. The van der Waals surface area contributed by atoms with Crippen molar-refractivity contribution in [1.82, 2.24) is 10.3 Å². The molecule has 0 unspecified atom stereocenters. The first kappa shape index (κ1) is 17.0. The molecule has 3 rings (SSSR count). The molecule has 126 valence electrons. The monoisotopic (exact) mass is 351 g/mol. The van der Waals surface area contributed by atoms with Crippen LogP contribution in [-0.2, 0) is 13.1 Å². The van der Waals surface area contributed by atoms with Crippen molar-refractivity contribution in [3.63, 3.8) is 0 Å². The molecule has 0 atom stereocenters. The van der Waals surface area contributed by atoms with Gasteiger partial charge in [-0.2, -0.15) is 0 Å². The van der Waals surface area contributed by atoms with E-state index >= 15 is 0 Å². The Bertz CT molecular complexity index is 818. The van der Waals surface area contributed by atoms with Crippen LogP contribution in [0.1, 0.15) is 21.6 Å². The number of hydrogen-bond donors (Lipinski definition) is 2. The molecule has 2 N–H and O–H groups in total. The van der Waals surface area contributed by atoms with Gasteiger partial charge in [0.1, 0.15) is 5.69 Å². The summed E-state index contributed by atoms with van der Waals surface area (Å²) in [5, 5.41) is 6.85. The minimum atomic E-state index is -0.187. The highest BCUT2D eigenvalue weighted by molar-refractivity contribution is 6.30. The number of halogens is 1. The summed E-state index contributed by atoms with van der Waals surface area (Å²) in [6, 6.07) is 21.0. The van der Waals surface area contributed by atoms with Gasteiger partial charge in [0.05, 0.1) is 11.9 Å². The van der Waals surface area contributed by atoms with Gasteiger partial charge in [-0.25, -0.2) is 4.98 Å². The van der Waals surface area contributed by atoms with Gasteiger partial charge in [0.2, 0.25) is 0 Å². The highest BCUT2D eigenvalue weighted by Gasteiger charge is 2.06. The first-order valence-corrected chi connectivity index (χ1v) is 8.35. The molecule has 0 saturated heterocycles. The number of carbonyl (C=O) groups is 1. The third kappa shape index (κ3) is 5.06. The number of rotatable bonds is 6. The molecule has 2 aromatic carbocycles. The average Bonchev–Trinajstić information content (AvgIpc) is 2.67. The summed E-state index contributed by atoms with van der Waals surface area (Å²) in [4.78, 5) is 16.4. The third-order valence-corrected chi connectivity index (χ3v) is 3.95. The maximum absolute atomic E-state index is 12.1. The number of nitrogens with zero attached hydrogens (tertiary/aromatic N) is 1. The lowest BCUT2D eigenvalue weighted by Crippen LogP contribution is -2.23. The Morgan fingerprint density at radius 3 is 2.28 bits per heavy atom. The van der Waals surface area contributed by atoms with Gasteiger partial charge in [-0.05, 0) is 35.4 Å². The van der Waals surface area contributed by atoms with Crippen LogP contribution < -0.4 is 10.6 Å². The fourth-order valence-electron chi connectivity index (χ4n) is 2.31. The molecule has 25 heavy (non-hydrogen) atoms. The van der Waals surface area contributed by atoms with Gasteiger partial charge < -0.3 is 10.6 Å². The molecule has 3 aromatic rings. The molecule has 1 heterocycles. The molecule has 1 aromatic heterocycles. The molecule has 0 aliphatic carbocycles. The van der Waals surface area contributed by atoms with Gasteiger partial charge in [0.25, 0.3) is 5.91 Å². The summed E-state index contributed by atoms with van der Waals surface area (Å²) in [7, 11) is 0. The second-order valence-electron chi connectivity index (χ2n) is 5.58. The molecule has 0 fully saturated rings. The van der Waals surface area contributed by atoms with E-state index in [-0.39, 0.29) is 5.91 Å². The Hall–Kier alpha value is -2.85. The average molecular weight is 352 g/mol. The smallest absolute Gasteiger partial charge is 0.270 e. The first-order valence-electron chi connectivity index (χ1n) is 7.97. The number of amides is 1. The van der Waals surface area contributed by atoms with E-state index in [0.717, 1.165) is 21.8 Å². The molecular formula is C20H18ClN3O. The van der Waals surface area contributed by atoms with Crippen LogP contribution in [0.4, 0.5) is 5.69 Å². The van der Waals surface area contributed by atoms with Gasteiger partial charge in [-0.1, -0.05) is 54.1 Å². The molecular weight excluding hydrogens is 334 g/mol. The second kappa shape index (κ2) is 8.31. The minimum absolute atomic E-state index is 0.187. The zero-order valence-corrected chi connectivity index (χ0v) is 14.3. The Labute approximate surface area is 151 Å². The van der Waals surface area contributed by atoms with Gasteiger partial charge in [0.15, 0.2) is 0 Å². The Kier molecular flexibility index (Phi) is 5.65. The van der Waals surface area contributed by atoms with E-state index in [1.807, 2.05) is 60.7 Å². The SMILES string of the molecule is O=C(NCc1ccccc1)c1ccc(NCc2ccc(Cl)cc2)cn1. The molecule has 0 aliphatic rings. The van der Waals surface area contributed by atoms with Crippen LogP contribution in [0, 0.1) is 0 Å². The molecule has 0 saturated carbocycles. The van der Waals surface area contributed by atoms with Gasteiger partial charge in [-0.15, -0.1) is 0 Å². The highest BCUT2D eigenvalue weighted by Crippen LogP contribution is 2.12. The van der Waals surface area contributed by atoms with E-state index in [9.17, 15) is 4.79 Å². The molecule has 1 amide bonds. The van der Waals surface area contributed by atoms with Crippen molar-refractivity contribution in [3.05, 3.63) is 94.8 Å². The summed E-state index contributed by atoms with van der Waals surface area (Å²) in [5.74, 6) is -0.187. The van der Waals surface area contributed by atoms with Crippen LogP contribution in [-0.4, -0.2) is 10.9 Å². The lowest BCUT2D eigenvalue weighted by Gasteiger charge is -2.08. The summed E-state index contributed by atoms with van der Waals surface area (Å²) in [6.45, 7) is 1.15. The van der Waals surface area contributed by atoms with Crippen LogP contribution in [0.3, 0.4) is 0 Å². The number of aromatic nitrogens is 1. The van der Waals surface area contributed by atoms with E-state index < -0.39 is 0 Å². The fraction of sp³-hybridized carbons (Fsp3) is 0.100. The normalized spacial score (nSPS) is 10.3. The number of nitrogens with one attached hydrogen (secondary N) is 2. The topological polar surface area (TPSA) is 54.0 Å². The Morgan fingerprint density at radius 1 is 0.880 bits per heavy atom. The standard InChI is InChI=1S/C20H18ClN3O/c21-17-8-6-16(7-9-17)12-22-18-10-11-19(23-14-18)20(25)24-13-15-4-2-1-3-5-15/h1-11,14,22H,12-13H2,(H,24,25). The maximum atomic E-state index is 12.1. The lowest BCUT2D eigenvalue weighted by molar-refractivity contribution is 0.0946. The number of anilines is 1. The predicted molar refractivity (Wildman–Crippen MR) is 101 cm³/mol. The molecule has 5 heteroatoms. The summed E-state index contributed by atoms with van der Waals surface area (Å²) in [6.07, 6.45) is 1.66. The second-order valence-corrected chi connectivity index (χ2v) is 6.02. The van der Waals surface area contributed by atoms with Crippen LogP contribution in [0.25, 0.3) is 0 Å². The van der Waals surface area contributed by atoms with Crippen molar-refractivity contribution >= 4 is 23.2 Å². The Balaban J connectivity index is 1.52. The van der Waals surface area contributed by atoms with E-state index in [1.54, 1.807) is 12.3 Å². The molecule has 0 spiro atoms. The van der Waals surface area contributed by atoms with Crippen molar-refractivity contribution in [1.29, 1.82) is 0 Å². The van der Waals surface area contributed by atoms with Gasteiger partial charge in [0, 0.05) is 18.1 Å². The van der Waals surface area contributed by atoms with Crippen LogP contribution in [0.2, 0.25) is 5.02 Å².